The molecule has 0 aromatic heterocycles. The minimum absolute atomic E-state index is 0.0270. The molecule has 1 rings (SSSR count). The number of hydrogen-bond acceptors (Lipinski definition) is 2. The molecule has 0 saturated heterocycles. The summed E-state index contributed by atoms with van der Waals surface area (Å²) in [6, 6.07) is 4.96. The van der Waals surface area contributed by atoms with Crippen LogP contribution in [0.3, 0.4) is 0 Å². The van der Waals surface area contributed by atoms with E-state index in [0.29, 0.717) is 23.0 Å². The minimum Gasteiger partial charge on any atom is -0.354 e. The fourth-order valence-corrected chi connectivity index (χ4v) is 1.94. The number of rotatable bonds is 5. The van der Waals surface area contributed by atoms with Gasteiger partial charge in [-0.25, -0.2) is 0 Å². The van der Waals surface area contributed by atoms with E-state index in [2.05, 4.69) is 21.2 Å². The Morgan fingerprint density at radius 2 is 2.05 bits per heavy atom. The number of halogens is 2. The first-order chi connectivity index (χ1) is 9.31. The summed E-state index contributed by atoms with van der Waals surface area (Å²) in [4.78, 5) is 25.2. The largest absolute Gasteiger partial charge is 0.354 e. The number of carbonyl (C=O) groups excluding carboxylic acids is 2. The Kier molecular flexibility index (Phi) is 6.49. The van der Waals surface area contributed by atoms with Gasteiger partial charge in [0.25, 0.3) is 5.91 Å². The van der Waals surface area contributed by atoms with Crippen LogP contribution in [0.4, 0.5) is 0 Å². The lowest BCUT2D eigenvalue weighted by atomic mass is 10.2. The van der Waals surface area contributed by atoms with E-state index >= 15 is 0 Å². The van der Waals surface area contributed by atoms with Gasteiger partial charge < -0.3 is 10.2 Å². The van der Waals surface area contributed by atoms with Crippen molar-refractivity contribution in [3.05, 3.63) is 33.3 Å². The van der Waals surface area contributed by atoms with Crippen LogP contribution in [-0.4, -0.2) is 36.9 Å². The number of nitrogens with one attached hydrogen (secondary N) is 1. The number of nitrogens with zero attached hydrogens (tertiary/aromatic N) is 1. The van der Waals surface area contributed by atoms with Crippen LogP contribution < -0.4 is 5.32 Å². The molecule has 0 aliphatic carbocycles. The predicted molar refractivity (Wildman–Crippen MR) is 84.0 cm³/mol. The van der Waals surface area contributed by atoms with E-state index in [-0.39, 0.29) is 18.4 Å². The molecular weight excluding hydrogens is 344 g/mol. The topological polar surface area (TPSA) is 49.4 Å². The summed E-state index contributed by atoms with van der Waals surface area (Å²) in [5, 5.41) is 3.24. The molecule has 110 valence electrons. The van der Waals surface area contributed by atoms with Gasteiger partial charge in [-0.15, -0.1) is 0 Å². The zero-order chi connectivity index (χ0) is 15.3. The van der Waals surface area contributed by atoms with E-state index in [9.17, 15) is 9.59 Å². The third kappa shape index (κ3) is 5.13. The van der Waals surface area contributed by atoms with Crippen LogP contribution in [0.5, 0.6) is 0 Å². The predicted octanol–water partition coefficient (Wildman–Crippen LogP) is 2.95. The minimum atomic E-state index is -0.237. The van der Waals surface area contributed by atoms with Gasteiger partial charge in [-0.05, 0) is 40.0 Å². The smallest absolute Gasteiger partial charge is 0.254 e. The Morgan fingerprint density at radius 1 is 1.40 bits per heavy atom. The molecule has 0 bridgehead atoms. The summed E-state index contributed by atoms with van der Waals surface area (Å²) in [5.74, 6) is -0.0258. The van der Waals surface area contributed by atoms with E-state index < -0.39 is 0 Å². The van der Waals surface area contributed by atoms with Gasteiger partial charge >= 0.3 is 0 Å². The Hall–Kier alpha value is -1.07. The van der Waals surface area contributed by atoms with Crippen LogP contribution in [0.25, 0.3) is 0 Å². The monoisotopic (exact) mass is 360 g/mol. The molecule has 1 N–H and O–H groups in total. The van der Waals surface area contributed by atoms with Gasteiger partial charge in [-0.3, -0.25) is 9.59 Å². The zero-order valence-corrected chi connectivity index (χ0v) is 14.1. The SMILES string of the molecule is CC(C)CNC(=O)CN(C)C(=O)c1ccc(Br)c(Cl)c1. The molecule has 4 nitrogen and oxygen atoms in total. The third-order valence-electron chi connectivity index (χ3n) is 2.60. The first kappa shape index (κ1) is 17.0. The number of benzene rings is 1. The first-order valence-corrected chi connectivity index (χ1v) is 7.45. The van der Waals surface area contributed by atoms with Crippen molar-refractivity contribution in [1.82, 2.24) is 10.2 Å². The summed E-state index contributed by atoms with van der Waals surface area (Å²) < 4.78 is 0.730. The maximum absolute atomic E-state index is 12.2. The van der Waals surface area contributed by atoms with Crippen LogP contribution >= 0.6 is 27.5 Å². The highest BCUT2D eigenvalue weighted by molar-refractivity contribution is 9.10. The molecule has 0 saturated carbocycles. The average Bonchev–Trinajstić information content (AvgIpc) is 2.38. The summed E-state index contributed by atoms with van der Waals surface area (Å²) in [6.07, 6.45) is 0. The van der Waals surface area contributed by atoms with Gasteiger partial charge in [0, 0.05) is 23.6 Å². The Balaban J connectivity index is 2.62. The fraction of sp³-hybridized carbons (Fsp3) is 0.429. The molecule has 0 radical (unpaired) electrons. The van der Waals surface area contributed by atoms with Crippen LogP contribution in [0.1, 0.15) is 24.2 Å². The molecule has 0 fully saturated rings. The van der Waals surface area contributed by atoms with Crippen molar-refractivity contribution in [2.75, 3.05) is 20.1 Å². The van der Waals surface area contributed by atoms with Crippen molar-refractivity contribution in [2.24, 2.45) is 5.92 Å². The molecule has 0 spiro atoms. The molecule has 0 aliphatic rings. The van der Waals surface area contributed by atoms with Gasteiger partial charge in [0.15, 0.2) is 0 Å². The zero-order valence-electron chi connectivity index (χ0n) is 11.7. The Labute approximate surface area is 132 Å². The Morgan fingerprint density at radius 3 is 2.60 bits per heavy atom. The molecular formula is C14H18BrClN2O2. The van der Waals surface area contributed by atoms with E-state index in [1.807, 2.05) is 13.8 Å². The van der Waals surface area contributed by atoms with Gasteiger partial charge in [0.1, 0.15) is 0 Å². The molecule has 0 heterocycles. The second-order valence-corrected chi connectivity index (χ2v) is 6.25. The number of amides is 2. The lowest BCUT2D eigenvalue weighted by molar-refractivity contribution is -0.121. The van der Waals surface area contributed by atoms with Crippen molar-refractivity contribution >= 4 is 39.3 Å². The second-order valence-electron chi connectivity index (χ2n) is 4.99. The van der Waals surface area contributed by atoms with E-state index in [0.717, 1.165) is 4.47 Å². The van der Waals surface area contributed by atoms with Crippen molar-refractivity contribution in [3.63, 3.8) is 0 Å². The molecule has 2 amide bonds. The highest BCUT2D eigenvalue weighted by Gasteiger charge is 2.15. The Bertz CT molecular complexity index is 506. The lowest BCUT2D eigenvalue weighted by Gasteiger charge is -2.17. The summed E-state index contributed by atoms with van der Waals surface area (Å²) >= 11 is 9.22. The maximum atomic E-state index is 12.2. The molecule has 1 aromatic carbocycles. The number of hydrogen-bond donors (Lipinski definition) is 1. The van der Waals surface area contributed by atoms with Gasteiger partial charge in [0.2, 0.25) is 5.91 Å². The van der Waals surface area contributed by atoms with E-state index in [4.69, 9.17) is 11.6 Å². The standard InChI is InChI=1S/C14H18BrClN2O2/c1-9(2)7-17-13(19)8-18(3)14(20)10-4-5-11(15)12(16)6-10/h4-6,9H,7-8H2,1-3H3,(H,17,19). The van der Waals surface area contributed by atoms with E-state index in [1.54, 1.807) is 25.2 Å². The fourth-order valence-electron chi connectivity index (χ4n) is 1.51. The molecule has 1 aromatic rings. The van der Waals surface area contributed by atoms with Crippen molar-refractivity contribution in [3.8, 4) is 0 Å². The summed E-state index contributed by atoms with van der Waals surface area (Å²) in [6.45, 7) is 4.65. The highest BCUT2D eigenvalue weighted by atomic mass is 79.9. The van der Waals surface area contributed by atoms with Gasteiger partial charge in [-0.1, -0.05) is 25.4 Å². The molecule has 0 aliphatic heterocycles. The third-order valence-corrected chi connectivity index (χ3v) is 3.83. The van der Waals surface area contributed by atoms with Crippen LogP contribution in [0.15, 0.2) is 22.7 Å². The highest BCUT2D eigenvalue weighted by Crippen LogP contribution is 2.23. The normalized spacial score (nSPS) is 10.5. The molecule has 0 unspecified atom stereocenters. The lowest BCUT2D eigenvalue weighted by Crippen LogP contribution is -2.39. The molecule has 0 atom stereocenters. The van der Waals surface area contributed by atoms with Crippen LogP contribution in [-0.2, 0) is 4.79 Å². The quantitative estimate of drug-likeness (QED) is 0.876. The van der Waals surface area contributed by atoms with Gasteiger partial charge in [0.05, 0.1) is 11.6 Å². The van der Waals surface area contributed by atoms with Crippen LogP contribution in [0, 0.1) is 5.92 Å². The van der Waals surface area contributed by atoms with E-state index in [1.165, 1.54) is 4.90 Å². The summed E-state index contributed by atoms with van der Waals surface area (Å²) in [7, 11) is 1.59. The van der Waals surface area contributed by atoms with Crippen molar-refractivity contribution < 1.29 is 9.59 Å². The van der Waals surface area contributed by atoms with Crippen molar-refractivity contribution in [1.29, 1.82) is 0 Å². The first-order valence-electron chi connectivity index (χ1n) is 6.28. The summed E-state index contributed by atoms with van der Waals surface area (Å²) in [5.41, 5.74) is 0.456. The molecule has 6 heteroatoms. The number of carbonyl (C=O) groups is 2. The average molecular weight is 362 g/mol. The van der Waals surface area contributed by atoms with Crippen LogP contribution in [0.2, 0.25) is 5.02 Å². The molecule has 20 heavy (non-hydrogen) atoms. The maximum Gasteiger partial charge on any atom is 0.254 e. The van der Waals surface area contributed by atoms with Gasteiger partial charge in [-0.2, -0.15) is 0 Å². The second kappa shape index (κ2) is 7.64. The number of likely N-dealkylation sites (N-methyl/N-ethyl adjacent to an activating group) is 1. The van der Waals surface area contributed by atoms with Crippen molar-refractivity contribution in [2.45, 2.75) is 13.8 Å².